The Morgan fingerprint density at radius 1 is 0.868 bits per heavy atom. The van der Waals surface area contributed by atoms with Gasteiger partial charge >= 0.3 is 5.97 Å². The van der Waals surface area contributed by atoms with E-state index in [1.165, 1.54) is 40.9 Å². The van der Waals surface area contributed by atoms with Gasteiger partial charge in [0, 0.05) is 15.1 Å². The van der Waals surface area contributed by atoms with E-state index in [2.05, 4.69) is 68.6 Å². The van der Waals surface area contributed by atoms with Crippen LogP contribution in [0.3, 0.4) is 0 Å². The van der Waals surface area contributed by atoms with Crippen LogP contribution in [-0.2, 0) is 11.2 Å². The first-order chi connectivity index (χ1) is 18.3. The maximum Gasteiger partial charge on any atom is 0.341 e. The smallest absolute Gasteiger partial charge is 0.341 e. The van der Waals surface area contributed by atoms with Crippen molar-refractivity contribution in [1.82, 2.24) is 0 Å². The van der Waals surface area contributed by atoms with Crippen molar-refractivity contribution in [2.24, 2.45) is 0 Å². The zero-order valence-corrected chi connectivity index (χ0v) is 23.7. The molecule has 5 aromatic rings. The van der Waals surface area contributed by atoms with Gasteiger partial charge in [-0.05, 0) is 73.4 Å². The summed E-state index contributed by atoms with van der Waals surface area (Å²) in [6.45, 7) is 8.15. The molecule has 0 saturated carbocycles. The first-order valence-electron chi connectivity index (χ1n) is 12.4. The van der Waals surface area contributed by atoms with Crippen LogP contribution in [0.15, 0.2) is 66.7 Å². The van der Waals surface area contributed by atoms with Gasteiger partial charge < -0.3 is 10.1 Å². The van der Waals surface area contributed by atoms with Crippen LogP contribution in [0.1, 0.15) is 52.7 Å². The number of rotatable bonds is 6. The molecule has 0 aliphatic heterocycles. The fraction of sp³-hybridized carbons (Fsp3) is 0.188. The largest absolute Gasteiger partial charge is 0.465 e. The summed E-state index contributed by atoms with van der Waals surface area (Å²) in [7, 11) is 1.37. The third-order valence-corrected chi connectivity index (χ3v) is 9.13. The van der Waals surface area contributed by atoms with Crippen molar-refractivity contribution in [3.8, 4) is 11.1 Å². The second kappa shape index (κ2) is 10.6. The maximum absolute atomic E-state index is 13.8. The number of esters is 1. The fourth-order valence-corrected chi connectivity index (χ4v) is 6.88. The summed E-state index contributed by atoms with van der Waals surface area (Å²) < 4.78 is 6.23. The van der Waals surface area contributed by atoms with Gasteiger partial charge in [-0.3, -0.25) is 4.79 Å². The number of ether oxygens (including phenoxy) is 1. The van der Waals surface area contributed by atoms with Crippen LogP contribution in [0.25, 0.3) is 21.2 Å². The number of carbonyl (C=O) groups excluding carboxylic acids is 2. The highest BCUT2D eigenvalue weighted by molar-refractivity contribution is 7.21. The lowest BCUT2D eigenvalue weighted by molar-refractivity contribution is 0.0603. The van der Waals surface area contributed by atoms with Crippen LogP contribution in [0, 0.1) is 27.7 Å². The molecule has 0 aliphatic carbocycles. The lowest BCUT2D eigenvalue weighted by atomic mass is 9.97. The molecule has 0 atom stereocenters. The molecule has 0 aliphatic rings. The second-order valence-electron chi connectivity index (χ2n) is 9.55. The highest BCUT2D eigenvalue weighted by Crippen LogP contribution is 2.42. The Morgan fingerprint density at radius 2 is 1.61 bits per heavy atom. The number of anilines is 1. The number of amides is 1. The van der Waals surface area contributed by atoms with E-state index >= 15 is 0 Å². The van der Waals surface area contributed by atoms with E-state index in [1.807, 2.05) is 31.2 Å². The summed E-state index contributed by atoms with van der Waals surface area (Å²) in [5.74, 6) is -0.680. The summed E-state index contributed by atoms with van der Waals surface area (Å²) >= 11 is 2.88. The first-order valence-corrected chi connectivity index (χ1v) is 14.1. The van der Waals surface area contributed by atoms with Gasteiger partial charge in [0.2, 0.25) is 0 Å². The van der Waals surface area contributed by atoms with Gasteiger partial charge in [-0.1, -0.05) is 66.2 Å². The summed E-state index contributed by atoms with van der Waals surface area (Å²) in [5, 5.41) is 4.67. The van der Waals surface area contributed by atoms with Crippen LogP contribution < -0.4 is 5.32 Å². The van der Waals surface area contributed by atoms with Crippen LogP contribution >= 0.6 is 22.7 Å². The molecule has 0 radical (unpaired) electrons. The molecule has 3 aromatic carbocycles. The number of fused-ring (bicyclic) bond motifs is 1. The molecule has 1 amide bonds. The molecular formula is C32H29NO3S2. The number of benzene rings is 3. The summed E-state index contributed by atoms with van der Waals surface area (Å²) in [6, 6.07) is 22.7. The van der Waals surface area contributed by atoms with Gasteiger partial charge in [0.1, 0.15) is 10.6 Å². The molecule has 6 heteroatoms. The van der Waals surface area contributed by atoms with Crippen LogP contribution in [0.5, 0.6) is 0 Å². The number of nitrogens with one attached hydrogen (secondary N) is 1. The molecule has 0 spiro atoms. The Bertz CT molecular complexity index is 1680. The normalized spacial score (nSPS) is 11.1. The number of hydrogen-bond donors (Lipinski definition) is 1. The Balaban J connectivity index is 1.57. The Morgan fingerprint density at radius 3 is 2.32 bits per heavy atom. The molecule has 38 heavy (non-hydrogen) atoms. The van der Waals surface area contributed by atoms with E-state index in [9.17, 15) is 9.59 Å². The van der Waals surface area contributed by atoms with Crippen molar-refractivity contribution in [2.75, 3.05) is 12.4 Å². The molecule has 5 rings (SSSR count). The van der Waals surface area contributed by atoms with Crippen molar-refractivity contribution in [1.29, 1.82) is 0 Å². The highest BCUT2D eigenvalue weighted by Gasteiger charge is 2.27. The van der Waals surface area contributed by atoms with E-state index in [0.717, 1.165) is 42.8 Å². The number of thiophene rings is 2. The predicted molar refractivity (Wildman–Crippen MR) is 159 cm³/mol. The molecule has 4 nitrogen and oxygen atoms in total. The number of hydrogen-bond acceptors (Lipinski definition) is 5. The fourth-order valence-electron chi connectivity index (χ4n) is 4.70. The lowest BCUT2D eigenvalue weighted by Gasteiger charge is -2.10. The minimum atomic E-state index is -0.464. The van der Waals surface area contributed by atoms with Crippen LogP contribution in [-0.4, -0.2) is 19.0 Å². The van der Waals surface area contributed by atoms with Gasteiger partial charge in [0.15, 0.2) is 0 Å². The average molecular weight is 540 g/mol. The van der Waals surface area contributed by atoms with Crippen molar-refractivity contribution in [3.05, 3.63) is 110 Å². The molecule has 2 heterocycles. The van der Waals surface area contributed by atoms with Gasteiger partial charge in [-0.15, -0.1) is 22.7 Å². The molecular weight excluding hydrogens is 510 g/mol. The third kappa shape index (κ3) is 4.89. The van der Waals surface area contributed by atoms with Gasteiger partial charge in [-0.25, -0.2) is 4.79 Å². The van der Waals surface area contributed by atoms with E-state index in [4.69, 9.17) is 4.74 Å². The van der Waals surface area contributed by atoms with E-state index in [-0.39, 0.29) is 5.91 Å². The van der Waals surface area contributed by atoms with E-state index in [1.54, 1.807) is 0 Å². The lowest BCUT2D eigenvalue weighted by Crippen LogP contribution is -2.14. The molecule has 2 aromatic heterocycles. The monoisotopic (exact) mass is 539 g/mol. The van der Waals surface area contributed by atoms with Crippen molar-refractivity contribution in [2.45, 2.75) is 34.1 Å². The standard InChI is InChI=1S/C32H29NO3S2/c1-18-10-13-22(14-11-18)17-25-24-8-6-7-9-26(24)38-29(25)30(34)33-31-28(32(35)36-5)27(21(4)37-31)23-15-12-19(2)20(3)16-23/h6-16H,17H2,1-5H3,(H,33,34). The summed E-state index contributed by atoms with van der Waals surface area (Å²) in [6.07, 6.45) is 0.647. The Labute approximate surface area is 230 Å². The zero-order chi connectivity index (χ0) is 27.0. The van der Waals surface area contributed by atoms with E-state index < -0.39 is 5.97 Å². The maximum atomic E-state index is 13.8. The topological polar surface area (TPSA) is 55.4 Å². The second-order valence-corrected chi connectivity index (χ2v) is 11.8. The van der Waals surface area contributed by atoms with Crippen LogP contribution in [0.2, 0.25) is 0 Å². The summed E-state index contributed by atoms with van der Waals surface area (Å²) in [4.78, 5) is 28.4. The zero-order valence-electron chi connectivity index (χ0n) is 22.1. The molecule has 0 saturated heterocycles. The molecule has 1 N–H and O–H groups in total. The minimum Gasteiger partial charge on any atom is -0.465 e. The number of aryl methyl sites for hydroxylation is 4. The minimum absolute atomic E-state index is 0.216. The summed E-state index contributed by atoms with van der Waals surface area (Å²) in [5.41, 5.74) is 7.79. The first kappa shape index (κ1) is 25.9. The molecule has 0 fully saturated rings. The number of carbonyl (C=O) groups is 2. The van der Waals surface area contributed by atoms with Crippen molar-refractivity contribution >= 4 is 49.6 Å². The molecule has 0 bridgehead atoms. The van der Waals surface area contributed by atoms with Gasteiger partial charge in [-0.2, -0.15) is 0 Å². The van der Waals surface area contributed by atoms with Crippen LogP contribution in [0.4, 0.5) is 5.00 Å². The van der Waals surface area contributed by atoms with Gasteiger partial charge in [0.25, 0.3) is 5.91 Å². The number of methoxy groups -OCH3 is 1. The van der Waals surface area contributed by atoms with Gasteiger partial charge in [0.05, 0.1) is 12.0 Å². The third-order valence-electron chi connectivity index (χ3n) is 6.90. The Hall–Kier alpha value is -3.74. The molecule has 192 valence electrons. The van der Waals surface area contributed by atoms with Crippen molar-refractivity contribution < 1.29 is 14.3 Å². The SMILES string of the molecule is COC(=O)c1c(NC(=O)c2sc3ccccc3c2Cc2ccc(C)cc2)sc(C)c1-c1ccc(C)c(C)c1. The highest BCUT2D eigenvalue weighted by atomic mass is 32.1. The van der Waals surface area contributed by atoms with Crippen molar-refractivity contribution in [3.63, 3.8) is 0 Å². The van der Waals surface area contributed by atoms with E-state index in [0.29, 0.717) is 21.9 Å². The predicted octanol–water partition coefficient (Wildman–Crippen LogP) is 8.49. The quantitative estimate of drug-likeness (QED) is 0.220. The molecule has 0 unspecified atom stereocenters. The average Bonchev–Trinajstić information content (AvgIpc) is 3.43. The Kier molecular flexibility index (Phi) is 7.19.